The lowest BCUT2D eigenvalue weighted by Gasteiger charge is -2.31. The molecule has 2 heterocycles. The molecule has 0 aliphatic carbocycles. The predicted molar refractivity (Wildman–Crippen MR) is 107 cm³/mol. The van der Waals surface area contributed by atoms with Crippen LogP contribution in [0.2, 0.25) is 5.02 Å². The number of sulfonamides is 1. The topological polar surface area (TPSA) is 84.3 Å². The molecule has 1 aromatic carbocycles. The van der Waals surface area contributed by atoms with E-state index in [0.717, 1.165) is 12.8 Å². The number of benzene rings is 1. The summed E-state index contributed by atoms with van der Waals surface area (Å²) in [5, 5.41) is 2.36. The molecule has 1 aromatic heterocycles. The number of carbonyl (C=O) groups excluding carboxylic acids is 1. The van der Waals surface area contributed by atoms with E-state index in [1.807, 2.05) is 0 Å². The largest absolute Gasteiger partial charge is 0.356 e. The van der Waals surface area contributed by atoms with Gasteiger partial charge >= 0.3 is 0 Å². The van der Waals surface area contributed by atoms with Gasteiger partial charge in [0.25, 0.3) is 10.0 Å². The smallest absolute Gasteiger partial charge is 0.251 e. The Kier molecular flexibility index (Phi) is 5.48. The molecule has 146 valence electrons. The van der Waals surface area contributed by atoms with Crippen molar-refractivity contribution < 1.29 is 13.2 Å². The number of unbranched alkanes of at least 4 members (excludes halogenated alkanes) is 1. The lowest BCUT2D eigenvalue weighted by atomic mass is 10.1. The molecular weight excluding hydrogens is 388 g/mol. The van der Waals surface area contributed by atoms with Crippen LogP contribution in [0.3, 0.4) is 0 Å². The minimum absolute atomic E-state index is 0.189. The van der Waals surface area contributed by atoms with Crippen LogP contribution in [0.5, 0.6) is 0 Å². The third kappa shape index (κ3) is 3.32. The van der Waals surface area contributed by atoms with Gasteiger partial charge in [0.1, 0.15) is 5.69 Å². The number of halogens is 1. The SMILES string of the molecule is CCCCNc1nc2c(n1C)C(=O)C(c1ccc(Cl)cc1)S(=O)(=O)N2CC. The number of nitrogens with zero attached hydrogens (tertiary/aromatic N) is 3. The Bertz CT molecular complexity index is 954. The number of fused-ring (bicyclic) bond motifs is 1. The molecule has 0 amide bonds. The molecule has 0 saturated heterocycles. The normalized spacial score (nSPS) is 18.4. The van der Waals surface area contributed by atoms with Gasteiger partial charge in [0.05, 0.1) is 0 Å². The predicted octanol–water partition coefficient (Wildman–Crippen LogP) is 3.38. The molecule has 1 atom stereocenters. The summed E-state index contributed by atoms with van der Waals surface area (Å²) in [6.07, 6.45) is 1.97. The van der Waals surface area contributed by atoms with E-state index in [0.29, 0.717) is 28.8 Å². The van der Waals surface area contributed by atoms with Crippen LogP contribution in [0.1, 0.15) is 48.0 Å². The molecule has 0 radical (unpaired) electrons. The summed E-state index contributed by atoms with van der Waals surface area (Å²) in [5.74, 6) is 0.206. The number of ketones is 1. The second kappa shape index (κ2) is 7.52. The molecule has 2 aromatic rings. The molecule has 0 bridgehead atoms. The van der Waals surface area contributed by atoms with Crippen molar-refractivity contribution in [2.75, 3.05) is 22.7 Å². The molecule has 1 unspecified atom stereocenters. The van der Waals surface area contributed by atoms with Gasteiger partial charge < -0.3 is 9.88 Å². The minimum atomic E-state index is -3.93. The number of hydrogen-bond donors (Lipinski definition) is 1. The molecule has 27 heavy (non-hydrogen) atoms. The van der Waals surface area contributed by atoms with Crippen LogP contribution in [0.15, 0.2) is 24.3 Å². The molecular formula is C18H23ClN4O3S. The zero-order valence-corrected chi connectivity index (χ0v) is 17.1. The van der Waals surface area contributed by atoms with Crippen molar-refractivity contribution in [2.45, 2.75) is 31.9 Å². The number of Topliss-reactive ketones (excluding diaryl/α,β-unsaturated/α-hetero) is 1. The number of aromatic nitrogens is 2. The maximum atomic E-state index is 13.2. The van der Waals surface area contributed by atoms with Gasteiger partial charge in [-0.05, 0) is 31.0 Å². The van der Waals surface area contributed by atoms with Crippen LogP contribution in [0.25, 0.3) is 0 Å². The Morgan fingerprint density at radius 3 is 2.48 bits per heavy atom. The molecule has 9 heteroatoms. The number of imidazole rings is 1. The van der Waals surface area contributed by atoms with Crippen molar-refractivity contribution in [1.29, 1.82) is 0 Å². The summed E-state index contributed by atoms with van der Waals surface area (Å²) in [6, 6.07) is 6.34. The second-order valence-electron chi connectivity index (χ2n) is 6.45. The Morgan fingerprint density at radius 1 is 1.22 bits per heavy atom. The summed E-state index contributed by atoms with van der Waals surface area (Å²) in [7, 11) is -2.21. The maximum absolute atomic E-state index is 13.2. The van der Waals surface area contributed by atoms with E-state index < -0.39 is 21.1 Å². The van der Waals surface area contributed by atoms with Crippen molar-refractivity contribution in [3.8, 4) is 0 Å². The molecule has 0 saturated carbocycles. The van der Waals surface area contributed by atoms with Gasteiger partial charge in [0, 0.05) is 25.2 Å². The highest BCUT2D eigenvalue weighted by molar-refractivity contribution is 7.94. The zero-order valence-electron chi connectivity index (χ0n) is 15.6. The van der Waals surface area contributed by atoms with E-state index >= 15 is 0 Å². The highest BCUT2D eigenvalue weighted by atomic mass is 35.5. The summed E-state index contributed by atoms with van der Waals surface area (Å²) < 4.78 is 29.2. The first kappa shape index (κ1) is 19.7. The van der Waals surface area contributed by atoms with E-state index in [1.54, 1.807) is 42.8 Å². The number of carbonyl (C=O) groups is 1. The van der Waals surface area contributed by atoms with Gasteiger partial charge in [0.2, 0.25) is 11.7 Å². The van der Waals surface area contributed by atoms with Crippen LogP contribution in [-0.2, 0) is 17.1 Å². The maximum Gasteiger partial charge on any atom is 0.251 e. The monoisotopic (exact) mass is 410 g/mol. The van der Waals surface area contributed by atoms with Gasteiger partial charge in [-0.1, -0.05) is 37.1 Å². The minimum Gasteiger partial charge on any atom is -0.356 e. The third-order valence-corrected chi connectivity index (χ3v) is 7.04. The van der Waals surface area contributed by atoms with E-state index in [4.69, 9.17) is 11.6 Å². The quantitative estimate of drug-likeness (QED) is 0.738. The van der Waals surface area contributed by atoms with Gasteiger partial charge in [0.15, 0.2) is 11.1 Å². The molecule has 1 N–H and O–H groups in total. The number of anilines is 2. The first-order valence-corrected chi connectivity index (χ1v) is 10.8. The fourth-order valence-electron chi connectivity index (χ4n) is 3.27. The van der Waals surface area contributed by atoms with E-state index in [9.17, 15) is 13.2 Å². The summed E-state index contributed by atoms with van der Waals surface area (Å²) >= 11 is 5.92. The molecule has 1 aliphatic heterocycles. The first-order valence-electron chi connectivity index (χ1n) is 8.94. The molecule has 0 spiro atoms. The number of rotatable bonds is 6. The molecule has 0 fully saturated rings. The number of hydrogen-bond acceptors (Lipinski definition) is 5. The Hall–Kier alpha value is -2.06. The highest BCUT2D eigenvalue weighted by Crippen LogP contribution is 2.41. The van der Waals surface area contributed by atoms with Crippen LogP contribution in [0, 0.1) is 0 Å². The van der Waals surface area contributed by atoms with Crippen LogP contribution in [-0.4, -0.2) is 36.8 Å². The summed E-state index contributed by atoms with van der Waals surface area (Å²) in [5.41, 5.74) is 0.695. The zero-order chi connectivity index (χ0) is 19.8. The second-order valence-corrected chi connectivity index (χ2v) is 8.83. The first-order chi connectivity index (χ1) is 12.8. The fraction of sp³-hybridized carbons (Fsp3) is 0.444. The fourth-order valence-corrected chi connectivity index (χ4v) is 5.26. The van der Waals surface area contributed by atoms with Crippen molar-refractivity contribution in [1.82, 2.24) is 9.55 Å². The van der Waals surface area contributed by atoms with Gasteiger partial charge in [-0.25, -0.2) is 8.42 Å². The van der Waals surface area contributed by atoms with Gasteiger partial charge in [-0.2, -0.15) is 4.98 Å². The van der Waals surface area contributed by atoms with E-state index in [1.165, 1.54) is 4.31 Å². The average Bonchev–Trinajstić information content (AvgIpc) is 2.93. The lowest BCUT2D eigenvalue weighted by Crippen LogP contribution is -2.43. The standard InChI is InChI=1S/C18H23ClN4O3S/c1-4-6-11-20-18-21-17-14(22(18)3)15(24)16(27(25,26)23(17)5-2)12-7-9-13(19)10-8-12/h7-10,16H,4-6,11H2,1-3H3,(H,20,21). The van der Waals surface area contributed by atoms with Crippen molar-refractivity contribution in [2.24, 2.45) is 7.05 Å². The van der Waals surface area contributed by atoms with Gasteiger partial charge in [-0.3, -0.25) is 9.10 Å². The molecule has 3 rings (SSSR count). The van der Waals surface area contributed by atoms with Crippen LogP contribution >= 0.6 is 11.6 Å². The molecule has 7 nitrogen and oxygen atoms in total. The third-order valence-electron chi connectivity index (χ3n) is 4.66. The summed E-state index contributed by atoms with van der Waals surface area (Å²) in [6.45, 7) is 4.71. The van der Waals surface area contributed by atoms with E-state index in [2.05, 4.69) is 17.2 Å². The van der Waals surface area contributed by atoms with Crippen molar-refractivity contribution in [3.05, 3.63) is 40.5 Å². The Morgan fingerprint density at radius 2 is 1.89 bits per heavy atom. The Balaban J connectivity index is 2.12. The van der Waals surface area contributed by atoms with Gasteiger partial charge in [-0.15, -0.1) is 0 Å². The van der Waals surface area contributed by atoms with Crippen LogP contribution < -0.4 is 9.62 Å². The summed E-state index contributed by atoms with van der Waals surface area (Å²) in [4.78, 5) is 17.6. The van der Waals surface area contributed by atoms with Crippen LogP contribution in [0.4, 0.5) is 11.8 Å². The lowest BCUT2D eigenvalue weighted by molar-refractivity contribution is 0.0977. The van der Waals surface area contributed by atoms with Crippen molar-refractivity contribution >= 4 is 39.2 Å². The molecule has 1 aliphatic rings. The van der Waals surface area contributed by atoms with Crippen molar-refractivity contribution in [3.63, 3.8) is 0 Å². The highest BCUT2D eigenvalue weighted by Gasteiger charge is 2.48. The number of nitrogens with one attached hydrogen (secondary N) is 1. The Labute approximate surface area is 164 Å². The van der Waals surface area contributed by atoms with E-state index in [-0.39, 0.29) is 12.4 Å². The average molecular weight is 411 g/mol.